The van der Waals surface area contributed by atoms with Crippen LogP contribution in [0.1, 0.15) is 16.7 Å². The number of nitrogens with zero attached hydrogens (tertiary/aromatic N) is 7. The first-order valence-corrected chi connectivity index (χ1v) is 36.0. The summed E-state index contributed by atoms with van der Waals surface area (Å²) < 4.78 is 9.69. The molecule has 16 aromatic carbocycles. The zero-order valence-corrected chi connectivity index (χ0v) is 58.3. The van der Waals surface area contributed by atoms with Gasteiger partial charge in [-0.15, -0.1) is 0 Å². The number of aromatic nitrogens is 4. The molecule has 20 rings (SSSR count). The second-order valence-corrected chi connectivity index (χ2v) is 27.2. The van der Waals surface area contributed by atoms with E-state index in [2.05, 4.69) is 363 Å². The van der Waals surface area contributed by atoms with Crippen molar-refractivity contribution in [3.8, 4) is 102 Å². The summed E-state index contributed by atoms with van der Waals surface area (Å²) in [7, 11) is 0. The van der Waals surface area contributed by atoms with Crippen LogP contribution >= 0.6 is 0 Å². The molecule has 0 radical (unpaired) electrons. The van der Waals surface area contributed by atoms with Crippen molar-refractivity contribution in [1.29, 1.82) is 10.5 Å². The lowest BCUT2D eigenvalue weighted by Crippen LogP contribution is -2.00. The molecule has 0 N–H and O–H groups in total. The Balaban J connectivity index is 0.000000146. The fourth-order valence-corrected chi connectivity index (χ4v) is 16.6. The van der Waals surface area contributed by atoms with Gasteiger partial charge in [-0.05, 0) is 171 Å². The lowest BCUT2D eigenvalue weighted by Gasteiger charge is -2.21. The van der Waals surface area contributed by atoms with Gasteiger partial charge < -0.3 is 18.3 Å². The third-order valence-electron chi connectivity index (χ3n) is 21.2. The standard InChI is InChI=1S/C50H30N4.C50H33N3/c1-52-44-29-33(32-51)25-26-37(44)43-30-42(35-17-7-3-8-18-35)48(31-41(43)34-15-5-2-6-16-34)54-46-24-14-12-22-40(46)49-47(54)28-27-39-38-21-11-13-23-45(38)53(50(39)49)36-19-9-4-10-20-36;1-33-25-26-39(36(29-33)32-51)48-43(34-15-5-2-6-16-34)30-38(31-44(48)35-17-7-3-8-18-35)52-46-24-14-12-22-42(46)49-47(52)28-27-41-40-21-11-13-23-45(40)53(50(41)49)37-19-9-4-10-20-37/h2-31H;2-31H,1H3. The Morgan fingerprint density at radius 2 is 0.692 bits per heavy atom. The molecule has 20 aromatic rings. The molecule has 4 heterocycles. The highest BCUT2D eigenvalue weighted by molar-refractivity contribution is 6.28. The summed E-state index contributed by atoms with van der Waals surface area (Å²) in [5.74, 6) is 0. The minimum Gasteiger partial charge on any atom is -0.309 e. The maximum Gasteiger partial charge on any atom is 0.196 e. The number of hydrogen-bond acceptors (Lipinski definition) is 2. The zero-order chi connectivity index (χ0) is 71.6. The van der Waals surface area contributed by atoms with E-state index in [-0.39, 0.29) is 0 Å². The van der Waals surface area contributed by atoms with Crippen LogP contribution in [-0.2, 0) is 0 Å². The van der Waals surface area contributed by atoms with E-state index in [4.69, 9.17) is 6.57 Å². The molecule has 0 aliphatic carbocycles. The third-order valence-corrected chi connectivity index (χ3v) is 21.2. The third kappa shape index (κ3) is 10.5. The smallest absolute Gasteiger partial charge is 0.196 e. The highest BCUT2D eigenvalue weighted by Gasteiger charge is 2.28. The molecule has 7 nitrogen and oxygen atoms in total. The van der Waals surface area contributed by atoms with Crippen molar-refractivity contribution in [2.45, 2.75) is 6.92 Å². The lowest BCUT2D eigenvalue weighted by atomic mass is 9.85. The lowest BCUT2D eigenvalue weighted by molar-refractivity contribution is 1.17. The minimum atomic E-state index is 0.450. The number of nitriles is 2. The van der Waals surface area contributed by atoms with Crippen molar-refractivity contribution in [2.75, 3.05) is 0 Å². The molecule has 0 atom stereocenters. The predicted molar refractivity (Wildman–Crippen MR) is 443 cm³/mol. The van der Waals surface area contributed by atoms with E-state index < -0.39 is 0 Å². The Labute approximate surface area is 618 Å². The SMILES string of the molecule is Cc1ccc(-c2c(-c3ccccc3)cc(-n3c4ccccc4c4c3ccc3c5ccccc5n(-c5ccccc5)c34)cc2-c2ccccc2)c(C#N)c1.[C-]#[N+]c1cc(C#N)ccc1-c1cc(-c2ccccc2)c(-n2c3ccccc3c3c2ccc2c4ccccc4n(-c4ccccc4)c23)cc1-c1ccccc1. The van der Waals surface area contributed by atoms with Crippen LogP contribution in [0.2, 0.25) is 0 Å². The largest absolute Gasteiger partial charge is 0.309 e. The van der Waals surface area contributed by atoms with Crippen molar-refractivity contribution >= 4 is 92.9 Å². The van der Waals surface area contributed by atoms with Crippen LogP contribution in [0.3, 0.4) is 0 Å². The minimum absolute atomic E-state index is 0.450. The van der Waals surface area contributed by atoms with Gasteiger partial charge in [0, 0.05) is 76.8 Å². The molecule has 0 unspecified atom stereocenters. The summed E-state index contributed by atoms with van der Waals surface area (Å²) >= 11 is 0. The van der Waals surface area contributed by atoms with Crippen LogP contribution in [0.15, 0.2) is 364 Å². The van der Waals surface area contributed by atoms with Gasteiger partial charge in [-0.3, -0.25) is 0 Å². The first kappa shape index (κ1) is 63.1. The van der Waals surface area contributed by atoms with E-state index in [0.29, 0.717) is 16.8 Å². The summed E-state index contributed by atoms with van der Waals surface area (Å²) in [6, 6.07) is 133. The summed E-state index contributed by atoms with van der Waals surface area (Å²) in [6.45, 7) is 10.2. The maximum absolute atomic E-state index is 10.5. The number of aryl methyl sites for hydroxylation is 1. The molecule has 0 aliphatic heterocycles. The number of fused-ring (bicyclic) bond motifs is 14. The molecule has 107 heavy (non-hydrogen) atoms. The van der Waals surface area contributed by atoms with E-state index >= 15 is 0 Å². The molecular weight excluding hydrogens is 1300 g/mol. The molecule has 498 valence electrons. The Bertz CT molecular complexity index is 7000. The van der Waals surface area contributed by atoms with Crippen molar-refractivity contribution in [3.05, 3.63) is 392 Å². The Kier molecular flexibility index (Phi) is 15.5. The van der Waals surface area contributed by atoms with E-state index in [0.717, 1.165) is 117 Å². The monoisotopic (exact) mass is 1360 g/mol. The van der Waals surface area contributed by atoms with E-state index in [1.165, 1.54) is 65.2 Å². The molecule has 0 saturated carbocycles. The van der Waals surface area contributed by atoms with Gasteiger partial charge in [0.05, 0.1) is 74.1 Å². The Hall–Kier alpha value is -14.8. The molecule has 0 bridgehead atoms. The molecular formula is C100H63N7. The van der Waals surface area contributed by atoms with Crippen LogP contribution in [0.4, 0.5) is 5.69 Å². The zero-order valence-electron chi connectivity index (χ0n) is 58.3. The van der Waals surface area contributed by atoms with Gasteiger partial charge >= 0.3 is 0 Å². The topological polar surface area (TPSA) is 71.7 Å². The number of rotatable bonds is 10. The molecule has 4 aromatic heterocycles. The summed E-state index contributed by atoms with van der Waals surface area (Å²) in [6.07, 6.45) is 0. The van der Waals surface area contributed by atoms with Crippen LogP contribution in [0.25, 0.3) is 182 Å². The first-order chi connectivity index (χ1) is 52.9. The van der Waals surface area contributed by atoms with Gasteiger partial charge in [0.1, 0.15) is 0 Å². The van der Waals surface area contributed by atoms with Gasteiger partial charge in [0.25, 0.3) is 0 Å². The quantitative estimate of drug-likeness (QED) is 0.128. The fraction of sp³-hybridized carbons (Fsp3) is 0.0100. The highest BCUT2D eigenvalue weighted by atomic mass is 15.0. The summed E-state index contributed by atoms with van der Waals surface area (Å²) in [4.78, 5) is 3.92. The summed E-state index contributed by atoms with van der Waals surface area (Å²) in [5, 5.41) is 29.8. The number of hydrogen-bond donors (Lipinski definition) is 0. The van der Waals surface area contributed by atoms with Crippen molar-refractivity contribution in [1.82, 2.24) is 18.3 Å². The summed E-state index contributed by atoms with van der Waals surface area (Å²) in [5.41, 5.74) is 28.4. The molecule has 7 heteroatoms. The molecule has 0 amide bonds. The fourth-order valence-electron chi connectivity index (χ4n) is 16.6. The van der Waals surface area contributed by atoms with Gasteiger partial charge in [0.2, 0.25) is 0 Å². The maximum atomic E-state index is 10.5. The van der Waals surface area contributed by atoms with E-state index in [1.54, 1.807) is 12.1 Å². The highest BCUT2D eigenvalue weighted by Crippen LogP contribution is 2.50. The second-order valence-electron chi connectivity index (χ2n) is 27.2. The molecule has 0 spiro atoms. The van der Waals surface area contributed by atoms with Crippen LogP contribution in [0, 0.1) is 36.2 Å². The average molecular weight is 1360 g/mol. The molecule has 0 fully saturated rings. The Morgan fingerprint density at radius 3 is 1.17 bits per heavy atom. The van der Waals surface area contributed by atoms with Gasteiger partial charge in [-0.25, -0.2) is 4.85 Å². The number of para-hydroxylation sites is 6. The van der Waals surface area contributed by atoms with Crippen molar-refractivity contribution in [3.63, 3.8) is 0 Å². The van der Waals surface area contributed by atoms with Crippen molar-refractivity contribution < 1.29 is 0 Å². The molecule has 0 aliphatic rings. The van der Waals surface area contributed by atoms with Gasteiger partial charge in [-0.2, -0.15) is 10.5 Å². The van der Waals surface area contributed by atoms with Crippen LogP contribution in [0.5, 0.6) is 0 Å². The average Bonchev–Trinajstić information content (AvgIpc) is 1.55. The van der Waals surface area contributed by atoms with Gasteiger partial charge in [0.15, 0.2) is 5.69 Å². The second kappa shape index (κ2) is 26.2. The number of benzene rings is 16. The van der Waals surface area contributed by atoms with Gasteiger partial charge in [-0.1, -0.05) is 261 Å². The van der Waals surface area contributed by atoms with E-state index in [1.807, 2.05) is 31.2 Å². The molecule has 0 saturated heterocycles. The Morgan fingerprint density at radius 1 is 0.280 bits per heavy atom. The normalized spacial score (nSPS) is 11.4. The first-order valence-electron chi connectivity index (χ1n) is 36.0. The van der Waals surface area contributed by atoms with Crippen LogP contribution < -0.4 is 0 Å². The van der Waals surface area contributed by atoms with E-state index in [9.17, 15) is 10.5 Å². The van der Waals surface area contributed by atoms with Crippen LogP contribution in [-0.4, -0.2) is 18.3 Å². The predicted octanol–water partition coefficient (Wildman–Crippen LogP) is 26.4. The van der Waals surface area contributed by atoms with Crippen molar-refractivity contribution in [2.24, 2.45) is 0 Å².